The van der Waals surface area contributed by atoms with Crippen LogP contribution in [0.5, 0.6) is 0 Å². The van der Waals surface area contributed by atoms with Crippen LogP contribution in [0.4, 0.5) is 11.4 Å². The van der Waals surface area contributed by atoms with E-state index in [1.807, 2.05) is 12.2 Å². The van der Waals surface area contributed by atoms with Crippen molar-refractivity contribution in [1.82, 2.24) is 0 Å². The molecular formula is C24H22N2O5S. The number of allylic oxidation sites excluding steroid dienone is 2. The third kappa shape index (κ3) is 4.45. The Balaban J connectivity index is 1.32. The predicted molar refractivity (Wildman–Crippen MR) is 121 cm³/mol. The SMILES string of the molecule is COC(=O)c1ccc(NC(=O)CSc2ccc(N3C(=O)[C@H]4CC=CC[C@@H]4C3=O)cc2)cc1. The van der Waals surface area contributed by atoms with E-state index >= 15 is 0 Å². The average Bonchev–Trinajstić information content (AvgIpc) is 3.08. The number of amides is 3. The standard InChI is InChI=1S/C24H22N2O5S/c1-31-24(30)15-6-8-16(9-7-15)25-21(27)14-32-18-12-10-17(11-13-18)26-22(28)19-4-2-3-5-20(19)23(26)29/h2-3,6-13,19-20H,4-5,14H2,1H3,(H,25,27)/t19-,20-/m0/s1. The number of anilines is 2. The number of nitrogens with zero attached hydrogens (tertiary/aromatic N) is 1. The Morgan fingerprint density at radius 3 is 2.12 bits per heavy atom. The molecule has 1 saturated heterocycles. The minimum absolute atomic E-state index is 0.137. The lowest BCUT2D eigenvalue weighted by molar-refractivity contribution is -0.122. The van der Waals surface area contributed by atoms with Gasteiger partial charge in [0.15, 0.2) is 0 Å². The molecular weight excluding hydrogens is 428 g/mol. The first kappa shape index (κ1) is 21.8. The fourth-order valence-corrected chi connectivity index (χ4v) is 4.60. The summed E-state index contributed by atoms with van der Waals surface area (Å²) in [6.07, 6.45) is 5.16. The van der Waals surface area contributed by atoms with Gasteiger partial charge < -0.3 is 10.1 Å². The van der Waals surface area contributed by atoms with Gasteiger partial charge in [0, 0.05) is 10.6 Å². The summed E-state index contributed by atoms with van der Waals surface area (Å²) < 4.78 is 4.65. The normalized spacial score (nSPS) is 19.6. The van der Waals surface area contributed by atoms with Gasteiger partial charge in [0.25, 0.3) is 0 Å². The fourth-order valence-electron chi connectivity index (χ4n) is 3.90. The van der Waals surface area contributed by atoms with Crippen molar-refractivity contribution in [3.8, 4) is 0 Å². The molecule has 1 heterocycles. The Labute approximate surface area is 189 Å². The molecule has 1 aliphatic heterocycles. The molecule has 0 radical (unpaired) electrons. The summed E-state index contributed by atoms with van der Waals surface area (Å²) in [5.41, 5.74) is 1.56. The molecule has 1 N–H and O–H groups in total. The molecule has 4 rings (SSSR count). The van der Waals surface area contributed by atoms with Crippen LogP contribution in [0.25, 0.3) is 0 Å². The molecule has 2 aromatic rings. The van der Waals surface area contributed by atoms with Gasteiger partial charge in [0.05, 0.1) is 35.9 Å². The van der Waals surface area contributed by atoms with Crippen LogP contribution >= 0.6 is 11.8 Å². The maximum absolute atomic E-state index is 12.7. The zero-order chi connectivity index (χ0) is 22.7. The topological polar surface area (TPSA) is 92.8 Å². The number of carbonyl (C=O) groups is 4. The third-order valence-corrected chi connectivity index (χ3v) is 6.57. The molecule has 0 spiro atoms. The quantitative estimate of drug-likeness (QED) is 0.313. The highest BCUT2D eigenvalue weighted by molar-refractivity contribution is 8.00. The van der Waals surface area contributed by atoms with Gasteiger partial charge in [-0.3, -0.25) is 19.3 Å². The van der Waals surface area contributed by atoms with Crippen molar-refractivity contribution in [2.75, 3.05) is 23.1 Å². The lowest BCUT2D eigenvalue weighted by Gasteiger charge is -2.15. The number of hydrogen-bond donors (Lipinski definition) is 1. The highest BCUT2D eigenvalue weighted by Gasteiger charge is 2.47. The number of nitrogens with one attached hydrogen (secondary N) is 1. The van der Waals surface area contributed by atoms with Gasteiger partial charge in [-0.05, 0) is 61.4 Å². The predicted octanol–water partition coefficient (Wildman–Crippen LogP) is 3.66. The minimum atomic E-state index is -0.436. The van der Waals surface area contributed by atoms with Crippen LogP contribution in [-0.2, 0) is 19.1 Å². The van der Waals surface area contributed by atoms with Gasteiger partial charge in [-0.2, -0.15) is 0 Å². The summed E-state index contributed by atoms with van der Waals surface area (Å²) in [5, 5.41) is 2.78. The molecule has 7 nitrogen and oxygen atoms in total. The first-order chi connectivity index (χ1) is 15.5. The van der Waals surface area contributed by atoms with E-state index in [1.54, 1.807) is 48.5 Å². The lowest BCUT2D eigenvalue weighted by Crippen LogP contribution is -2.30. The molecule has 2 atom stereocenters. The van der Waals surface area contributed by atoms with Crippen molar-refractivity contribution in [3.05, 3.63) is 66.2 Å². The molecule has 0 aromatic heterocycles. The monoisotopic (exact) mass is 450 g/mol. The number of thioether (sulfide) groups is 1. The molecule has 1 fully saturated rings. The second-order valence-corrected chi connectivity index (χ2v) is 8.62. The van der Waals surface area contributed by atoms with Crippen molar-refractivity contribution in [1.29, 1.82) is 0 Å². The van der Waals surface area contributed by atoms with Crippen molar-refractivity contribution in [2.24, 2.45) is 11.8 Å². The molecule has 32 heavy (non-hydrogen) atoms. The van der Waals surface area contributed by atoms with Gasteiger partial charge in [0.1, 0.15) is 0 Å². The molecule has 164 valence electrons. The zero-order valence-corrected chi connectivity index (χ0v) is 18.3. The molecule has 2 aliphatic rings. The number of ether oxygens (including phenoxy) is 1. The summed E-state index contributed by atoms with van der Waals surface area (Å²) >= 11 is 1.35. The number of hydrogen-bond acceptors (Lipinski definition) is 6. The largest absolute Gasteiger partial charge is 0.465 e. The number of methoxy groups -OCH3 is 1. The Bertz CT molecular complexity index is 1050. The van der Waals surface area contributed by atoms with Gasteiger partial charge >= 0.3 is 5.97 Å². The molecule has 0 unspecified atom stereocenters. The van der Waals surface area contributed by atoms with E-state index in [1.165, 1.54) is 23.8 Å². The van der Waals surface area contributed by atoms with Crippen LogP contribution in [0, 0.1) is 11.8 Å². The Morgan fingerprint density at radius 1 is 0.969 bits per heavy atom. The number of esters is 1. The van der Waals surface area contributed by atoms with Gasteiger partial charge in [-0.15, -0.1) is 11.8 Å². The number of fused-ring (bicyclic) bond motifs is 1. The van der Waals surface area contributed by atoms with Crippen LogP contribution in [-0.4, -0.2) is 36.6 Å². The van der Waals surface area contributed by atoms with E-state index in [9.17, 15) is 19.2 Å². The maximum atomic E-state index is 12.7. The summed E-state index contributed by atoms with van der Waals surface area (Å²) in [6, 6.07) is 13.5. The van der Waals surface area contributed by atoms with Crippen LogP contribution < -0.4 is 10.2 Å². The molecule has 8 heteroatoms. The van der Waals surface area contributed by atoms with Crippen LogP contribution in [0.2, 0.25) is 0 Å². The van der Waals surface area contributed by atoms with Crippen molar-refractivity contribution in [2.45, 2.75) is 17.7 Å². The van der Waals surface area contributed by atoms with Gasteiger partial charge in [-0.25, -0.2) is 4.79 Å². The highest BCUT2D eigenvalue weighted by Crippen LogP contribution is 2.38. The first-order valence-corrected chi connectivity index (χ1v) is 11.2. The second kappa shape index (κ2) is 9.40. The maximum Gasteiger partial charge on any atom is 0.337 e. The summed E-state index contributed by atoms with van der Waals surface area (Å²) in [7, 11) is 1.31. The highest BCUT2D eigenvalue weighted by atomic mass is 32.2. The number of rotatable bonds is 6. The summed E-state index contributed by atoms with van der Waals surface area (Å²) in [5.74, 6) is -1.22. The van der Waals surface area contributed by atoms with Crippen molar-refractivity contribution in [3.63, 3.8) is 0 Å². The van der Waals surface area contributed by atoms with Gasteiger partial charge in [0.2, 0.25) is 17.7 Å². The summed E-state index contributed by atoms with van der Waals surface area (Å²) in [6.45, 7) is 0. The van der Waals surface area contributed by atoms with Crippen molar-refractivity contribution < 1.29 is 23.9 Å². The van der Waals surface area contributed by atoms with Gasteiger partial charge in [-0.1, -0.05) is 12.2 Å². The molecule has 2 aromatic carbocycles. The van der Waals surface area contributed by atoms with Crippen molar-refractivity contribution >= 4 is 46.8 Å². The first-order valence-electron chi connectivity index (χ1n) is 10.2. The Kier molecular flexibility index (Phi) is 6.41. The fraction of sp³-hybridized carbons (Fsp3) is 0.250. The Hall–Kier alpha value is -3.39. The average molecular weight is 451 g/mol. The van der Waals surface area contributed by atoms with E-state index < -0.39 is 5.97 Å². The molecule has 3 amide bonds. The van der Waals surface area contributed by atoms with E-state index in [0.717, 1.165) is 4.90 Å². The third-order valence-electron chi connectivity index (χ3n) is 5.56. The van der Waals surface area contributed by atoms with E-state index in [0.29, 0.717) is 29.8 Å². The molecule has 0 saturated carbocycles. The van der Waals surface area contributed by atoms with Crippen LogP contribution in [0.1, 0.15) is 23.2 Å². The summed E-state index contributed by atoms with van der Waals surface area (Å²) in [4.78, 5) is 51.2. The second-order valence-electron chi connectivity index (χ2n) is 7.57. The number of benzene rings is 2. The van der Waals surface area contributed by atoms with E-state index in [2.05, 4.69) is 10.1 Å². The Morgan fingerprint density at radius 2 is 1.56 bits per heavy atom. The van der Waals surface area contributed by atoms with Crippen LogP contribution in [0.15, 0.2) is 65.6 Å². The minimum Gasteiger partial charge on any atom is -0.465 e. The number of carbonyl (C=O) groups excluding carboxylic acids is 4. The molecule has 0 bridgehead atoms. The van der Waals surface area contributed by atoms with Crippen LogP contribution in [0.3, 0.4) is 0 Å². The van der Waals surface area contributed by atoms with E-state index in [-0.39, 0.29) is 35.3 Å². The zero-order valence-electron chi connectivity index (χ0n) is 17.4. The van der Waals surface area contributed by atoms with E-state index in [4.69, 9.17) is 0 Å². The number of imide groups is 1. The lowest BCUT2D eigenvalue weighted by atomic mass is 9.85. The smallest absolute Gasteiger partial charge is 0.337 e. The molecule has 1 aliphatic carbocycles.